The van der Waals surface area contributed by atoms with Gasteiger partial charge in [-0.3, -0.25) is 4.79 Å². The number of Topliss-reactive ketones (excluding diaryl/α,β-unsaturated/α-hetero) is 1. The van der Waals surface area contributed by atoms with Crippen LogP contribution in [0.3, 0.4) is 0 Å². The lowest BCUT2D eigenvalue weighted by Crippen LogP contribution is -2.38. The molecule has 0 bridgehead atoms. The lowest BCUT2D eigenvalue weighted by Gasteiger charge is -2.31. The number of rotatable bonds is 7. The Morgan fingerprint density at radius 1 is 1.44 bits per heavy atom. The zero-order chi connectivity index (χ0) is 11.8. The van der Waals surface area contributed by atoms with Crippen LogP contribution in [0.1, 0.15) is 45.4 Å². The van der Waals surface area contributed by atoms with Crippen molar-refractivity contribution >= 4 is 5.78 Å². The number of ketones is 1. The summed E-state index contributed by atoms with van der Waals surface area (Å²) in [5.41, 5.74) is 0. The zero-order valence-electron chi connectivity index (χ0n) is 10.6. The van der Waals surface area contributed by atoms with Crippen molar-refractivity contribution in [1.29, 1.82) is 0 Å². The zero-order valence-corrected chi connectivity index (χ0v) is 10.6. The Morgan fingerprint density at radius 2 is 2.25 bits per heavy atom. The van der Waals surface area contributed by atoms with Crippen molar-refractivity contribution in [2.45, 2.75) is 45.4 Å². The van der Waals surface area contributed by atoms with Crippen LogP contribution in [-0.2, 0) is 4.79 Å². The van der Waals surface area contributed by atoms with Crippen LogP contribution in [0.25, 0.3) is 0 Å². The van der Waals surface area contributed by atoms with E-state index in [1.807, 2.05) is 6.08 Å². The molecule has 1 aliphatic rings. The maximum atomic E-state index is 11.3. The normalized spacial score (nSPS) is 21.9. The summed E-state index contributed by atoms with van der Waals surface area (Å²) < 4.78 is 0. The number of nitrogens with zero attached hydrogens (tertiary/aromatic N) is 1. The predicted molar refractivity (Wildman–Crippen MR) is 68.5 cm³/mol. The van der Waals surface area contributed by atoms with Crippen LogP contribution in [0.4, 0.5) is 0 Å². The van der Waals surface area contributed by atoms with E-state index in [-0.39, 0.29) is 0 Å². The molecule has 1 unspecified atom stereocenters. The quantitative estimate of drug-likeness (QED) is 0.488. The van der Waals surface area contributed by atoms with E-state index < -0.39 is 0 Å². The molecule has 0 N–H and O–H groups in total. The molecule has 0 amide bonds. The van der Waals surface area contributed by atoms with Crippen molar-refractivity contribution in [3.05, 3.63) is 12.7 Å². The minimum absolute atomic E-state index is 0.307. The molecule has 0 aromatic heterocycles. The van der Waals surface area contributed by atoms with Crippen molar-refractivity contribution < 1.29 is 4.79 Å². The van der Waals surface area contributed by atoms with E-state index in [0.29, 0.717) is 11.7 Å². The molecule has 1 rings (SSSR count). The van der Waals surface area contributed by atoms with Crippen molar-refractivity contribution in [2.75, 3.05) is 19.6 Å². The molecule has 0 aromatic rings. The lowest BCUT2D eigenvalue weighted by atomic mass is 9.94. The highest BCUT2D eigenvalue weighted by molar-refractivity contribution is 5.78. The summed E-state index contributed by atoms with van der Waals surface area (Å²) in [6, 6.07) is 0. The van der Waals surface area contributed by atoms with E-state index in [0.717, 1.165) is 19.4 Å². The molecule has 2 heteroatoms. The van der Waals surface area contributed by atoms with E-state index >= 15 is 0 Å². The first-order valence-corrected chi connectivity index (χ1v) is 6.57. The molecule has 0 spiro atoms. The standard InChI is InChI=1S/C14H25NO/c1-3-4-5-6-7-10-15-11-8-9-14(12-15)13(2)16/h3,14H,1,4-12H2,2H3. The minimum atomic E-state index is 0.307. The highest BCUT2D eigenvalue weighted by Gasteiger charge is 2.22. The molecular formula is C14H25NO. The summed E-state index contributed by atoms with van der Waals surface area (Å²) >= 11 is 0. The number of hydrogen-bond donors (Lipinski definition) is 0. The molecule has 1 atom stereocenters. The molecule has 0 radical (unpaired) electrons. The van der Waals surface area contributed by atoms with Gasteiger partial charge in [-0.2, -0.15) is 0 Å². The lowest BCUT2D eigenvalue weighted by molar-refractivity contribution is -0.122. The average molecular weight is 223 g/mol. The van der Waals surface area contributed by atoms with Crippen molar-refractivity contribution in [3.8, 4) is 0 Å². The Kier molecular flexibility index (Phi) is 6.39. The highest BCUT2D eigenvalue weighted by atomic mass is 16.1. The van der Waals surface area contributed by atoms with Crippen LogP contribution < -0.4 is 0 Å². The molecule has 1 fully saturated rings. The van der Waals surface area contributed by atoms with Gasteiger partial charge in [0, 0.05) is 12.5 Å². The topological polar surface area (TPSA) is 20.3 Å². The summed E-state index contributed by atoms with van der Waals surface area (Å²) in [7, 11) is 0. The fourth-order valence-corrected chi connectivity index (χ4v) is 2.39. The number of allylic oxidation sites excluding steroid dienone is 1. The number of hydrogen-bond acceptors (Lipinski definition) is 2. The maximum absolute atomic E-state index is 11.3. The predicted octanol–water partition coefficient (Wildman–Crippen LogP) is 3.03. The third-order valence-electron chi connectivity index (χ3n) is 3.46. The Morgan fingerprint density at radius 3 is 2.94 bits per heavy atom. The molecule has 16 heavy (non-hydrogen) atoms. The first-order chi connectivity index (χ1) is 7.74. The van der Waals surface area contributed by atoms with E-state index in [1.54, 1.807) is 6.92 Å². The minimum Gasteiger partial charge on any atom is -0.303 e. The number of likely N-dealkylation sites (tertiary alicyclic amines) is 1. The summed E-state index contributed by atoms with van der Waals surface area (Å²) in [5.74, 6) is 0.679. The number of piperidine rings is 1. The Hall–Kier alpha value is -0.630. The molecule has 2 nitrogen and oxygen atoms in total. The third kappa shape index (κ3) is 4.93. The summed E-state index contributed by atoms with van der Waals surface area (Å²) in [5, 5.41) is 0. The van der Waals surface area contributed by atoms with Gasteiger partial charge in [0.25, 0.3) is 0 Å². The fraction of sp³-hybridized carbons (Fsp3) is 0.786. The molecule has 1 heterocycles. The van der Waals surface area contributed by atoms with Crippen LogP contribution in [0.15, 0.2) is 12.7 Å². The number of unbranched alkanes of at least 4 members (excludes halogenated alkanes) is 3. The Balaban J connectivity index is 2.12. The van der Waals surface area contributed by atoms with Crippen LogP contribution >= 0.6 is 0 Å². The van der Waals surface area contributed by atoms with Crippen molar-refractivity contribution in [3.63, 3.8) is 0 Å². The first-order valence-electron chi connectivity index (χ1n) is 6.57. The number of carbonyl (C=O) groups excluding carboxylic acids is 1. The molecule has 1 aliphatic heterocycles. The smallest absolute Gasteiger partial charge is 0.134 e. The maximum Gasteiger partial charge on any atom is 0.134 e. The monoisotopic (exact) mass is 223 g/mol. The van der Waals surface area contributed by atoms with E-state index in [1.165, 1.54) is 38.8 Å². The van der Waals surface area contributed by atoms with Gasteiger partial charge in [0.1, 0.15) is 5.78 Å². The van der Waals surface area contributed by atoms with Gasteiger partial charge in [-0.25, -0.2) is 0 Å². The molecule has 92 valence electrons. The molecule has 0 aromatic carbocycles. The highest BCUT2D eigenvalue weighted by Crippen LogP contribution is 2.17. The van der Waals surface area contributed by atoms with Crippen molar-refractivity contribution in [2.24, 2.45) is 5.92 Å². The second-order valence-corrected chi connectivity index (χ2v) is 4.89. The molecule has 0 saturated carbocycles. The third-order valence-corrected chi connectivity index (χ3v) is 3.46. The summed E-state index contributed by atoms with van der Waals surface area (Å²) in [6.45, 7) is 8.81. The second kappa shape index (κ2) is 7.61. The molecule has 1 saturated heterocycles. The van der Waals surface area contributed by atoms with Gasteiger partial charge in [-0.1, -0.05) is 12.5 Å². The first kappa shape index (κ1) is 13.4. The SMILES string of the molecule is C=CCCCCCN1CCCC(C(C)=O)C1. The van der Waals surface area contributed by atoms with Gasteiger partial charge >= 0.3 is 0 Å². The summed E-state index contributed by atoms with van der Waals surface area (Å²) in [4.78, 5) is 13.8. The van der Waals surface area contributed by atoms with Gasteiger partial charge < -0.3 is 4.90 Å². The van der Waals surface area contributed by atoms with Crippen LogP contribution in [0.5, 0.6) is 0 Å². The van der Waals surface area contributed by atoms with Gasteiger partial charge in [0.2, 0.25) is 0 Å². The van der Waals surface area contributed by atoms with Crippen LogP contribution in [-0.4, -0.2) is 30.3 Å². The van der Waals surface area contributed by atoms with E-state index in [4.69, 9.17) is 0 Å². The van der Waals surface area contributed by atoms with Crippen LogP contribution in [0.2, 0.25) is 0 Å². The molecule has 0 aliphatic carbocycles. The Labute approximate surface area is 99.7 Å². The number of carbonyl (C=O) groups is 1. The van der Waals surface area contributed by atoms with E-state index in [9.17, 15) is 4.79 Å². The Bertz CT molecular complexity index is 225. The summed E-state index contributed by atoms with van der Waals surface area (Å²) in [6.07, 6.45) is 9.22. The van der Waals surface area contributed by atoms with Gasteiger partial charge in [-0.15, -0.1) is 6.58 Å². The van der Waals surface area contributed by atoms with E-state index in [2.05, 4.69) is 11.5 Å². The van der Waals surface area contributed by atoms with Crippen LogP contribution in [0, 0.1) is 5.92 Å². The molecular weight excluding hydrogens is 198 g/mol. The van der Waals surface area contributed by atoms with Gasteiger partial charge in [-0.05, 0) is 52.1 Å². The second-order valence-electron chi connectivity index (χ2n) is 4.89. The largest absolute Gasteiger partial charge is 0.303 e. The fourth-order valence-electron chi connectivity index (χ4n) is 2.39. The average Bonchev–Trinajstić information content (AvgIpc) is 2.29. The van der Waals surface area contributed by atoms with Crippen molar-refractivity contribution in [1.82, 2.24) is 4.90 Å². The van der Waals surface area contributed by atoms with Gasteiger partial charge in [0.05, 0.1) is 0 Å². The van der Waals surface area contributed by atoms with Gasteiger partial charge in [0.15, 0.2) is 0 Å².